The molecule has 0 saturated carbocycles. The highest BCUT2D eigenvalue weighted by atomic mass is 16.7. The molecule has 0 N–H and O–H groups in total. The lowest BCUT2D eigenvalue weighted by Gasteiger charge is -2.12. The Morgan fingerprint density at radius 3 is 1.89 bits per heavy atom. The van der Waals surface area contributed by atoms with Crippen molar-refractivity contribution in [3.63, 3.8) is 0 Å². The first kappa shape index (κ1) is 8.66. The molecule has 0 aliphatic heterocycles. The van der Waals surface area contributed by atoms with E-state index in [1.807, 2.05) is 19.9 Å². The average molecular weight is 130 g/mol. The molecule has 0 aromatic heterocycles. The summed E-state index contributed by atoms with van der Waals surface area (Å²) in [5, 5.41) is 0. The van der Waals surface area contributed by atoms with Gasteiger partial charge in [-0.15, -0.1) is 0 Å². The molecule has 2 heteroatoms. The van der Waals surface area contributed by atoms with E-state index < -0.39 is 0 Å². The van der Waals surface area contributed by atoms with E-state index in [4.69, 9.17) is 9.47 Å². The molecule has 2 nitrogen and oxygen atoms in total. The number of hydrogen-bond donors (Lipinski definition) is 0. The summed E-state index contributed by atoms with van der Waals surface area (Å²) in [6.07, 6.45) is 1.80. The van der Waals surface area contributed by atoms with Crippen molar-refractivity contribution in [2.24, 2.45) is 0 Å². The molecular formula is C7H14O2. The summed E-state index contributed by atoms with van der Waals surface area (Å²) in [6.45, 7) is 3.93. The summed E-state index contributed by atoms with van der Waals surface area (Å²) in [5.74, 6) is 0. The average Bonchev–Trinajstić information content (AvgIpc) is 1.90. The second-order valence-electron chi connectivity index (χ2n) is 1.84. The van der Waals surface area contributed by atoms with Crippen LogP contribution in [0.15, 0.2) is 11.6 Å². The molecule has 0 heterocycles. The molecule has 0 atom stereocenters. The van der Waals surface area contributed by atoms with Gasteiger partial charge in [0.15, 0.2) is 6.29 Å². The van der Waals surface area contributed by atoms with Crippen LogP contribution >= 0.6 is 0 Å². The van der Waals surface area contributed by atoms with Gasteiger partial charge < -0.3 is 9.47 Å². The Balaban J connectivity index is 3.79. The second-order valence-corrected chi connectivity index (χ2v) is 1.84. The fourth-order valence-corrected chi connectivity index (χ4v) is 0.604. The Bertz CT molecular complexity index is 93.1. The lowest BCUT2D eigenvalue weighted by molar-refractivity contribution is -0.0747. The standard InChI is InChI=1S/C7H14O2/c1-5-6(2)7(8-3)9-4/h5,7H,1-4H3/b6-5+. The summed E-state index contributed by atoms with van der Waals surface area (Å²) < 4.78 is 9.92. The van der Waals surface area contributed by atoms with E-state index in [-0.39, 0.29) is 6.29 Å². The smallest absolute Gasteiger partial charge is 0.178 e. The maximum absolute atomic E-state index is 4.96. The number of rotatable bonds is 3. The van der Waals surface area contributed by atoms with Crippen LogP contribution in [0.1, 0.15) is 13.8 Å². The van der Waals surface area contributed by atoms with Gasteiger partial charge in [-0.2, -0.15) is 0 Å². The first-order chi connectivity index (χ1) is 4.26. The molecular weight excluding hydrogens is 116 g/mol. The lowest BCUT2D eigenvalue weighted by atomic mass is 10.3. The van der Waals surface area contributed by atoms with Gasteiger partial charge in [0, 0.05) is 14.2 Å². The minimum Gasteiger partial charge on any atom is -0.352 e. The van der Waals surface area contributed by atoms with Crippen molar-refractivity contribution >= 4 is 0 Å². The molecule has 0 unspecified atom stereocenters. The first-order valence-electron chi connectivity index (χ1n) is 2.94. The molecule has 0 radical (unpaired) electrons. The van der Waals surface area contributed by atoms with Crippen LogP contribution in [0.2, 0.25) is 0 Å². The van der Waals surface area contributed by atoms with E-state index in [1.165, 1.54) is 0 Å². The third kappa shape index (κ3) is 2.63. The van der Waals surface area contributed by atoms with Crippen molar-refractivity contribution in [1.82, 2.24) is 0 Å². The van der Waals surface area contributed by atoms with Gasteiger partial charge >= 0.3 is 0 Å². The van der Waals surface area contributed by atoms with Gasteiger partial charge in [0.05, 0.1) is 0 Å². The van der Waals surface area contributed by atoms with Crippen molar-refractivity contribution in [2.75, 3.05) is 14.2 Å². The molecule has 0 amide bonds. The van der Waals surface area contributed by atoms with Crippen LogP contribution in [-0.4, -0.2) is 20.5 Å². The van der Waals surface area contributed by atoms with E-state index in [1.54, 1.807) is 14.2 Å². The van der Waals surface area contributed by atoms with Crippen LogP contribution in [0, 0.1) is 0 Å². The minimum absolute atomic E-state index is 0.171. The van der Waals surface area contributed by atoms with E-state index in [9.17, 15) is 0 Å². The van der Waals surface area contributed by atoms with Gasteiger partial charge in [-0.1, -0.05) is 6.08 Å². The molecule has 0 aromatic carbocycles. The number of methoxy groups -OCH3 is 2. The van der Waals surface area contributed by atoms with E-state index >= 15 is 0 Å². The first-order valence-corrected chi connectivity index (χ1v) is 2.94. The summed E-state index contributed by atoms with van der Waals surface area (Å²) >= 11 is 0. The summed E-state index contributed by atoms with van der Waals surface area (Å²) in [7, 11) is 3.25. The highest BCUT2D eigenvalue weighted by Gasteiger charge is 2.04. The van der Waals surface area contributed by atoms with Gasteiger partial charge in [-0.25, -0.2) is 0 Å². The summed E-state index contributed by atoms with van der Waals surface area (Å²) in [5.41, 5.74) is 1.10. The zero-order valence-corrected chi connectivity index (χ0v) is 6.47. The van der Waals surface area contributed by atoms with Crippen molar-refractivity contribution in [1.29, 1.82) is 0 Å². The SMILES string of the molecule is C/C=C(\C)C(OC)OC. The predicted molar refractivity (Wildman–Crippen MR) is 37.2 cm³/mol. The zero-order valence-electron chi connectivity index (χ0n) is 6.47. The molecule has 9 heavy (non-hydrogen) atoms. The van der Waals surface area contributed by atoms with Crippen LogP contribution in [0.4, 0.5) is 0 Å². The quantitative estimate of drug-likeness (QED) is 0.426. The van der Waals surface area contributed by atoms with Gasteiger partial charge in [-0.3, -0.25) is 0 Å². The fraction of sp³-hybridized carbons (Fsp3) is 0.714. The Labute approximate surface area is 56.5 Å². The van der Waals surface area contributed by atoms with E-state index in [0.717, 1.165) is 5.57 Å². The van der Waals surface area contributed by atoms with Gasteiger partial charge in [-0.05, 0) is 19.4 Å². The highest BCUT2D eigenvalue weighted by molar-refractivity contribution is 4.99. The van der Waals surface area contributed by atoms with Crippen molar-refractivity contribution < 1.29 is 9.47 Å². The molecule has 0 saturated heterocycles. The number of ether oxygens (including phenoxy) is 2. The molecule has 0 aliphatic carbocycles. The van der Waals surface area contributed by atoms with Gasteiger partial charge in [0.2, 0.25) is 0 Å². The molecule has 0 spiro atoms. The Kier molecular flexibility index (Phi) is 4.36. The molecule has 0 aliphatic rings. The number of allylic oxidation sites excluding steroid dienone is 1. The van der Waals surface area contributed by atoms with Crippen LogP contribution in [0.3, 0.4) is 0 Å². The molecule has 54 valence electrons. The Morgan fingerprint density at radius 2 is 1.78 bits per heavy atom. The fourth-order valence-electron chi connectivity index (χ4n) is 0.604. The largest absolute Gasteiger partial charge is 0.352 e. The maximum atomic E-state index is 4.96. The Hall–Kier alpha value is -0.340. The summed E-state index contributed by atoms with van der Waals surface area (Å²) in [6, 6.07) is 0. The van der Waals surface area contributed by atoms with Crippen molar-refractivity contribution in [2.45, 2.75) is 20.1 Å². The van der Waals surface area contributed by atoms with E-state index in [0.29, 0.717) is 0 Å². The molecule has 0 rings (SSSR count). The van der Waals surface area contributed by atoms with E-state index in [2.05, 4.69) is 0 Å². The zero-order chi connectivity index (χ0) is 7.28. The number of hydrogen-bond acceptors (Lipinski definition) is 2. The predicted octanol–water partition coefficient (Wildman–Crippen LogP) is 1.57. The van der Waals surface area contributed by atoms with Crippen LogP contribution in [0.25, 0.3) is 0 Å². The third-order valence-electron chi connectivity index (χ3n) is 1.26. The second kappa shape index (κ2) is 4.53. The van der Waals surface area contributed by atoms with Crippen molar-refractivity contribution in [3.8, 4) is 0 Å². The maximum Gasteiger partial charge on any atom is 0.178 e. The van der Waals surface area contributed by atoms with Gasteiger partial charge in [0.25, 0.3) is 0 Å². The highest BCUT2D eigenvalue weighted by Crippen LogP contribution is 2.04. The third-order valence-corrected chi connectivity index (χ3v) is 1.26. The van der Waals surface area contributed by atoms with Crippen molar-refractivity contribution in [3.05, 3.63) is 11.6 Å². The lowest BCUT2D eigenvalue weighted by Crippen LogP contribution is -2.13. The summed E-state index contributed by atoms with van der Waals surface area (Å²) in [4.78, 5) is 0. The van der Waals surface area contributed by atoms with Gasteiger partial charge in [0.1, 0.15) is 0 Å². The molecule has 0 aromatic rings. The molecule has 0 bridgehead atoms. The minimum atomic E-state index is -0.171. The van der Waals surface area contributed by atoms with Crippen LogP contribution in [0.5, 0.6) is 0 Å². The normalized spacial score (nSPS) is 12.8. The van der Waals surface area contributed by atoms with Crippen LogP contribution < -0.4 is 0 Å². The molecule has 0 fully saturated rings. The monoisotopic (exact) mass is 130 g/mol. The topological polar surface area (TPSA) is 18.5 Å². The Morgan fingerprint density at radius 1 is 1.33 bits per heavy atom. The van der Waals surface area contributed by atoms with Crippen LogP contribution in [-0.2, 0) is 9.47 Å².